The zero-order valence-corrected chi connectivity index (χ0v) is 16.9. The van der Waals surface area contributed by atoms with Crippen LogP contribution in [0.1, 0.15) is 0 Å². The Bertz CT molecular complexity index is 313. The van der Waals surface area contributed by atoms with E-state index in [0.717, 1.165) is 0 Å². The summed E-state index contributed by atoms with van der Waals surface area (Å²) in [5.74, 6) is 0. The number of hydrogen-bond acceptors (Lipinski definition) is 8. The molecule has 0 amide bonds. The average molecular weight is 408 g/mol. The summed E-state index contributed by atoms with van der Waals surface area (Å²) < 4.78 is 32.4. The SMILES string of the molecule is [O-][N+]12CCOCCOCC[N+]([O-])(CCOCCOCC1)CCOCCOCC2. The van der Waals surface area contributed by atoms with Gasteiger partial charge in [-0.05, 0) is 0 Å². The van der Waals surface area contributed by atoms with Crippen molar-refractivity contribution in [3.05, 3.63) is 10.4 Å². The Morgan fingerprint density at radius 2 is 0.500 bits per heavy atom. The molecule has 0 N–H and O–H groups in total. The van der Waals surface area contributed by atoms with Crippen LogP contribution in [0.4, 0.5) is 0 Å². The van der Waals surface area contributed by atoms with E-state index in [0.29, 0.717) is 119 Å². The van der Waals surface area contributed by atoms with Crippen molar-refractivity contribution in [2.24, 2.45) is 0 Å². The highest BCUT2D eigenvalue weighted by atomic mass is 16.6. The van der Waals surface area contributed by atoms with E-state index in [1.165, 1.54) is 0 Å². The molecule has 0 aromatic carbocycles. The highest BCUT2D eigenvalue weighted by Gasteiger charge is 2.19. The lowest BCUT2D eigenvalue weighted by molar-refractivity contribution is -0.882. The predicted molar refractivity (Wildman–Crippen MR) is 101 cm³/mol. The minimum Gasteiger partial charge on any atom is -0.633 e. The zero-order chi connectivity index (χ0) is 20.0. The molecule has 0 aliphatic carbocycles. The van der Waals surface area contributed by atoms with Gasteiger partial charge < -0.3 is 48.1 Å². The maximum absolute atomic E-state index is 13.0. The number of hydrogen-bond donors (Lipinski definition) is 0. The summed E-state index contributed by atoms with van der Waals surface area (Å²) in [6.45, 7) is 6.49. The van der Waals surface area contributed by atoms with Crippen LogP contribution in [0.15, 0.2) is 0 Å². The lowest BCUT2D eigenvalue weighted by Crippen LogP contribution is -2.50. The van der Waals surface area contributed by atoms with Crippen LogP contribution in [0.2, 0.25) is 0 Å². The highest BCUT2D eigenvalue weighted by molar-refractivity contribution is 4.50. The number of hydroxylamine groups is 6. The molecule has 3 aliphatic rings. The lowest BCUT2D eigenvalue weighted by atomic mass is 10.4. The molecule has 0 aromatic heterocycles. The summed E-state index contributed by atoms with van der Waals surface area (Å²) in [5, 5.41) is 26.1. The number of rotatable bonds is 0. The quantitative estimate of drug-likeness (QED) is 0.399. The second-order valence-electron chi connectivity index (χ2n) is 7.13. The van der Waals surface area contributed by atoms with Crippen molar-refractivity contribution in [3.63, 3.8) is 0 Å². The van der Waals surface area contributed by atoms with Crippen molar-refractivity contribution in [1.29, 1.82) is 0 Å². The van der Waals surface area contributed by atoms with Gasteiger partial charge in [0.2, 0.25) is 0 Å². The third-order valence-corrected chi connectivity index (χ3v) is 4.97. The van der Waals surface area contributed by atoms with Crippen molar-refractivity contribution < 1.29 is 37.7 Å². The van der Waals surface area contributed by atoms with E-state index in [9.17, 15) is 10.4 Å². The summed E-state index contributed by atoms with van der Waals surface area (Å²) in [5.41, 5.74) is 0. The molecule has 3 heterocycles. The second kappa shape index (κ2) is 13.8. The molecule has 0 spiro atoms. The number of nitrogens with zero attached hydrogens (tertiary/aromatic N) is 2. The van der Waals surface area contributed by atoms with Gasteiger partial charge in [0.1, 0.15) is 39.3 Å². The molecular weight excluding hydrogens is 372 g/mol. The van der Waals surface area contributed by atoms with Gasteiger partial charge in [-0.25, -0.2) is 0 Å². The molecule has 0 atom stereocenters. The van der Waals surface area contributed by atoms with Crippen molar-refractivity contribution in [3.8, 4) is 0 Å². The van der Waals surface area contributed by atoms with Gasteiger partial charge in [-0.15, -0.1) is 0 Å². The van der Waals surface area contributed by atoms with E-state index < -0.39 is 9.29 Å². The predicted octanol–water partition coefficient (Wildman–Crippen LogP) is -0.258. The monoisotopic (exact) mass is 408 g/mol. The summed E-state index contributed by atoms with van der Waals surface area (Å²) in [7, 11) is 0. The maximum Gasteiger partial charge on any atom is 0.102 e. The first-order chi connectivity index (χ1) is 13.6. The molecule has 0 aromatic rings. The van der Waals surface area contributed by atoms with Crippen LogP contribution in [0.25, 0.3) is 0 Å². The summed E-state index contributed by atoms with van der Waals surface area (Å²) in [4.78, 5) is 0. The Morgan fingerprint density at radius 1 is 0.321 bits per heavy atom. The highest BCUT2D eigenvalue weighted by Crippen LogP contribution is 2.07. The van der Waals surface area contributed by atoms with Gasteiger partial charge in [-0.2, -0.15) is 0 Å². The van der Waals surface area contributed by atoms with Crippen LogP contribution >= 0.6 is 0 Å². The standard InChI is InChI=1S/C18H36N2O8/c21-19-1-7-23-13-14-26-10-4-20(22,5-11-27-17-15-24-8-2-19)6-12-28-18-16-25-9-3-19/h1-18H2. The summed E-state index contributed by atoms with van der Waals surface area (Å²) in [6, 6.07) is 0. The van der Waals surface area contributed by atoms with Crippen molar-refractivity contribution in [2.75, 3.05) is 119 Å². The average Bonchev–Trinajstić information content (AvgIpc) is 2.67. The van der Waals surface area contributed by atoms with E-state index in [2.05, 4.69) is 0 Å². The maximum atomic E-state index is 13.0. The lowest BCUT2D eigenvalue weighted by Gasteiger charge is -2.43. The van der Waals surface area contributed by atoms with E-state index >= 15 is 0 Å². The smallest absolute Gasteiger partial charge is 0.102 e. The zero-order valence-electron chi connectivity index (χ0n) is 16.9. The molecule has 0 radical (unpaired) electrons. The van der Waals surface area contributed by atoms with E-state index in [1.807, 2.05) is 0 Å². The van der Waals surface area contributed by atoms with Gasteiger partial charge in [0.15, 0.2) is 0 Å². The molecule has 166 valence electrons. The van der Waals surface area contributed by atoms with Crippen molar-refractivity contribution >= 4 is 0 Å². The number of quaternary nitrogens is 2. The molecule has 3 fully saturated rings. The second-order valence-corrected chi connectivity index (χ2v) is 7.13. The Labute approximate surface area is 167 Å². The molecule has 10 heteroatoms. The minimum absolute atomic E-state index is 0.334. The van der Waals surface area contributed by atoms with Gasteiger partial charge >= 0.3 is 0 Å². The third-order valence-electron chi connectivity index (χ3n) is 4.97. The fourth-order valence-corrected chi connectivity index (χ4v) is 3.02. The molecule has 3 rings (SSSR count). The van der Waals surface area contributed by atoms with Gasteiger partial charge in [0, 0.05) is 0 Å². The first-order valence-electron chi connectivity index (χ1n) is 10.2. The molecule has 2 bridgehead atoms. The van der Waals surface area contributed by atoms with E-state index in [-0.39, 0.29) is 0 Å². The third kappa shape index (κ3) is 10.4. The molecule has 3 saturated heterocycles. The number of ether oxygens (including phenoxy) is 6. The topological polar surface area (TPSA) is 102 Å². The summed E-state index contributed by atoms with van der Waals surface area (Å²) >= 11 is 0. The first-order valence-corrected chi connectivity index (χ1v) is 10.2. The molecule has 0 unspecified atom stereocenters. The van der Waals surface area contributed by atoms with Crippen LogP contribution in [0.3, 0.4) is 0 Å². The molecule has 28 heavy (non-hydrogen) atoms. The molecular formula is C18H36N2O8. The van der Waals surface area contributed by atoms with Gasteiger partial charge in [0.25, 0.3) is 0 Å². The fraction of sp³-hybridized carbons (Fsp3) is 1.00. The van der Waals surface area contributed by atoms with E-state index in [1.54, 1.807) is 0 Å². The van der Waals surface area contributed by atoms with Crippen LogP contribution < -0.4 is 0 Å². The normalized spacial score (nSPS) is 34.5. The summed E-state index contributed by atoms with van der Waals surface area (Å²) in [6.07, 6.45) is 0. The molecule has 10 nitrogen and oxygen atoms in total. The minimum atomic E-state index is -0.418. The van der Waals surface area contributed by atoms with Crippen LogP contribution in [0, 0.1) is 10.4 Å². The van der Waals surface area contributed by atoms with Crippen LogP contribution in [0.5, 0.6) is 0 Å². The van der Waals surface area contributed by atoms with E-state index in [4.69, 9.17) is 28.4 Å². The first kappa shape index (κ1) is 23.9. The Kier molecular flexibility index (Phi) is 11.7. The van der Waals surface area contributed by atoms with Gasteiger partial charge in [0.05, 0.1) is 79.3 Å². The van der Waals surface area contributed by atoms with Crippen LogP contribution in [-0.2, 0) is 28.4 Å². The Morgan fingerprint density at radius 3 is 0.679 bits per heavy atom. The van der Waals surface area contributed by atoms with Crippen LogP contribution in [-0.4, -0.2) is 128 Å². The molecule has 3 aliphatic heterocycles. The fourth-order valence-electron chi connectivity index (χ4n) is 3.02. The Balaban J connectivity index is 1.99. The van der Waals surface area contributed by atoms with Gasteiger partial charge in [-0.3, -0.25) is 0 Å². The van der Waals surface area contributed by atoms with Gasteiger partial charge in [-0.1, -0.05) is 0 Å². The van der Waals surface area contributed by atoms with Crippen molar-refractivity contribution in [2.45, 2.75) is 0 Å². The molecule has 0 saturated carbocycles. The number of fused-ring (bicyclic) bond motifs is 21. The Hall–Kier alpha value is -0.400. The van der Waals surface area contributed by atoms with Crippen molar-refractivity contribution in [1.82, 2.24) is 0 Å². The largest absolute Gasteiger partial charge is 0.633 e.